The molecule has 0 unspecified atom stereocenters. The molecule has 1 aliphatic heterocycles. The number of nitrogens with zero attached hydrogens (tertiary/aromatic N) is 1. The van der Waals surface area contributed by atoms with E-state index < -0.39 is 11.7 Å². The van der Waals surface area contributed by atoms with Crippen molar-refractivity contribution in [2.75, 3.05) is 26.2 Å². The van der Waals surface area contributed by atoms with E-state index in [2.05, 4.69) is 6.58 Å². The average Bonchev–Trinajstić information content (AvgIpc) is 2.42. The summed E-state index contributed by atoms with van der Waals surface area (Å²) in [5.74, 6) is 0.0325. The number of hydrogen-bond donors (Lipinski definition) is 0. The van der Waals surface area contributed by atoms with Crippen LogP contribution < -0.4 is 0 Å². The highest BCUT2D eigenvalue weighted by atomic mass is 19.4. The Morgan fingerprint density at radius 1 is 1.38 bits per heavy atom. The topological polar surface area (TPSA) is 29.5 Å². The normalized spacial score (nSPS) is 18.8. The number of alkyl halides is 3. The number of piperidine rings is 1. The van der Waals surface area contributed by atoms with E-state index in [1.54, 1.807) is 0 Å². The van der Waals surface area contributed by atoms with Gasteiger partial charge in [-0.25, -0.2) is 0 Å². The first-order valence-electron chi connectivity index (χ1n) is 6.82. The van der Waals surface area contributed by atoms with Crippen LogP contribution in [0.15, 0.2) is 36.1 Å². The summed E-state index contributed by atoms with van der Waals surface area (Å²) in [6.07, 6.45) is -0.196. The van der Waals surface area contributed by atoms with Crippen molar-refractivity contribution < 1.29 is 22.7 Å². The third-order valence-corrected chi connectivity index (χ3v) is 3.20. The Hall–Kier alpha value is -1.56. The molecule has 0 saturated carbocycles. The van der Waals surface area contributed by atoms with Crippen LogP contribution in [0.25, 0.3) is 0 Å². The molecule has 1 aliphatic rings. The summed E-state index contributed by atoms with van der Waals surface area (Å²) in [5.41, 5.74) is -0.839. The molecule has 0 atom stereocenters. The van der Waals surface area contributed by atoms with Crippen molar-refractivity contribution in [3.63, 3.8) is 0 Å². The van der Waals surface area contributed by atoms with E-state index in [4.69, 9.17) is 4.74 Å². The predicted octanol–water partition coefficient (Wildman–Crippen LogP) is 3.25. The molecule has 1 heterocycles. The van der Waals surface area contributed by atoms with Crippen LogP contribution in [0.3, 0.4) is 0 Å². The molecule has 0 radical (unpaired) electrons. The number of Topliss-reactive ketones (excluding diaryl/α,β-unsaturated/α-hetero) is 1. The molecule has 0 aromatic rings. The van der Waals surface area contributed by atoms with E-state index in [9.17, 15) is 18.0 Å². The fourth-order valence-corrected chi connectivity index (χ4v) is 2.06. The van der Waals surface area contributed by atoms with Gasteiger partial charge in [0, 0.05) is 32.5 Å². The Kier molecular flexibility index (Phi) is 6.68. The standard InChI is InChI=1S/C15H20F3NO2/c1-3-5-13(15(16,17)18)14(4-2)21-11-10-19-8-6-12(20)7-9-19/h3-5H,1,6-11H2,2H3/b13-5+,14-4+. The van der Waals surface area contributed by atoms with E-state index in [1.807, 2.05) is 4.90 Å². The lowest BCUT2D eigenvalue weighted by atomic mass is 10.1. The SMILES string of the molecule is C=C/C=C(\C(=C/C)OCCN1CCC(=O)CC1)C(F)(F)F. The van der Waals surface area contributed by atoms with Gasteiger partial charge in [0.2, 0.25) is 0 Å². The van der Waals surface area contributed by atoms with Gasteiger partial charge in [-0.1, -0.05) is 12.7 Å². The fourth-order valence-electron chi connectivity index (χ4n) is 2.06. The Labute approximate surface area is 122 Å². The fraction of sp³-hybridized carbons (Fsp3) is 0.533. The predicted molar refractivity (Wildman–Crippen MR) is 74.7 cm³/mol. The van der Waals surface area contributed by atoms with Gasteiger partial charge < -0.3 is 4.74 Å². The first-order chi connectivity index (χ1) is 9.88. The second-order valence-electron chi connectivity index (χ2n) is 4.70. The largest absolute Gasteiger partial charge is 0.492 e. The Balaban J connectivity index is 2.53. The first kappa shape index (κ1) is 17.5. The number of halogens is 3. The molecule has 0 spiro atoms. The summed E-state index contributed by atoms with van der Waals surface area (Å²) in [6.45, 7) is 6.73. The molecule has 1 fully saturated rings. The molecular weight excluding hydrogens is 283 g/mol. The van der Waals surface area contributed by atoms with Gasteiger partial charge in [-0.05, 0) is 19.1 Å². The van der Waals surface area contributed by atoms with Crippen LogP contribution in [0.2, 0.25) is 0 Å². The lowest BCUT2D eigenvalue weighted by Crippen LogP contribution is -2.36. The summed E-state index contributed by atoms with van der Waals surface area (Å²) in [6, 6.07) is 0. The molecule has 0 aliphatic carbocycles. The van der Waals surface area contributed by atoms with Crippen LogP contribution in [0.4, 0.5) is 13.2 Å². The van der Waals surface area contributed by atoms with Gasteiger partial charge >= 0.3 is 6.18 Å². The molecule has 0 amide bonds. The van der Waals surface area contributed by atoms with Crippen molar-refractivity contribution >= 4 is 5.78 Å². The molecule has 0 N–H and O–H groups in total. The molecule has 0 aromatic carbocycles. The minimum absolute atomic E-state index is 0.151. The van der Waals surface area contributed by atoms with E-state index in [0.29, 0.717) is 32.5 Å². The number of allylic oxidation sites excluding steroid dienone is 4. The Bertz CT molecular complexity index is 429. The third-order valence-electron chi connectivity index (χ3n) is 3.20. The van der Waals surface area contributed by atoms with Crippen LogP contribution in [0.5, 0.6) is 0 Å². The number of carbonyl (C=O) groups excluding carboxylic acids is 1. The third kappa shape index (κ3) is 5.75. The zero-order valence-corrected chi connectivity index (χ0v) is 12.1. The highest BCUT2D eigenvalue weighted by Crippen LogP contribution is 2.31. The van der Waals surface area contributed by atoms with Gasteiger partial charge in [0.1, 0.15) is 18.1 Å². The van der Waals surface area contributed by atoms with Gasteiger partial charge in [-0.2, -0.15) is 13.2 Å². The minimum atomic E-state index is -4.48. The lowest BCUT2D eigenvalue weighted by Gasteiger charge is -2.26. The van der Waals surface area contributed by atoms with Crippen molar-refractivity contribution in [1.82, 2.24) is 4.90 Å². The van der Waals surface area contributed by atoms with Gasteiger partial charge in [-0.15, -0.1) is 0 Å². The number of carbonyl (C=O) groups is 1. The summed E-state index contributed by atoms with van der Waals surface area (Å²) in [4.78, 5) is 13.1. The van der Waals surface area contributed by atoms with E-state index in [0.717, 1.165) is 12.2 Å². The number of ketones is 1. The maximum atomic E-state index is 12.9. The molecule has 6 heteroatoms. The maximum absolute atomic E-state index is 12.9. The van der Waals surface area contributed by atoms with E-state index in [-0.39, 0.29) is 18.1 Å². The summed E-state index contributed by atoms with van der Waals surface area (Å²) in [5, 5.41) is 0. The molecule has 118 valence electrons. The molecule has 0 bridgehead atoms. The number of ether oxygens (including phenoxy) is 1. The maximum Gasteiger partial charge on any atom is 0.419 e. The Morgan fingerprint density at radius 2 is 2.00 bits per heavy atom. The zero-order valence-electron chi connectivity index (χ0n) is 12.1. The number of likely N-dealkylation sites (tertiary alicyclic amines) is 1. The summed E-state index contributed by atoms with van der Waals surface area (Å²) < 4.78 is 43.9. The van der Waals surface area contributed by atoms with Crippen molar-refractivity contribution in [3.8, 4) is 0 Å². The van der Waals surface area contributed by atoms with Gasteiger partial charge in [0.15, 0.2) is 0 Å². The van der Waals surface area contributed by atoms with E-state index in [1.165, 1.54) is 13.0 Å². The first-order valence-corrected chi connectivity index (χ1v) is 6.82. The highest BCUT2D eigenvalue weighted by molar-refractivity contribution is 5.79. The molecule has 1 saturated heterocycles. The van der Waals surface area contributed by atoms with Crippen LogP contribution in [-0.2, 0) is 9.53 Å². The number of hydrogen-bond acceptors (Lipinski definition) is 3. The van der Waals surface area contributed by atoms with Gasteiger partial charge in [0.05, 0.1) is 5.57 Å². The molecule has 1 rings (SSSR count). The quantitative estimate of drug-likeness (QED) is 0.557. The van der Waals surface area contributed by atoms with Gasteiger partial charge in [0.25, 0.3) is 0 Å². The molecule has 0 aromatic heterocycles. The van der Waals surface area contributed by atoms with Crippen LogP contribution >= 0.6 is 0 Å². The minimum Gasteiger partial charge on any atom is -0.492 e. The lowest BCUT2D eigenvalue weighted by molar-refractivity contribution is -0.121. The van der Waals surface area contributed by atoms with Gasteiger partial charge in [-0.3, -0.25) is 9.69 Å². The van der Waals surface area contributed by atoms with Crippen molar-refractivity contribution in [2.24, 2.45) is 0 Å². The molecule has 3 nitrogen and oxygen atoms in total. The smallest absolute Gasteiger partial charge is 0.419 e. The van der Waals surface area contributed by atoms with Crippen LogP contribution in [0.1, 0.15) is 19.8 Å². The second-order valence-corrected chi connectivity index (χ2v) is 4.70. The van der Waals surface area contributed by atoms with Crippen molar-refractivity contribution in [2.45, 2.75) is 25.9 Å². The Morgan fingerprint density at radius 3 is 2.48 bits per heavy atom. The monoisotopic (exact) mass is 303 g/mol. The van der Waals surface area contributed by atoms with Crippen LogP contribution in [0, 0.1) is 0 Å². The zero-order chi connectivity index (χ0) is 15.9. The summed E-state index contributed by atoms with van der Waals surface area (Å²) in [7, 11) is 0. The average molecular weight is 303 g/mol. The highest BCUT2D eigenvalue weighted by Gasteiger charge is 2.36. The van der Waals surface area contributed by atoms with E-state index >= 15 is 0 Å². The molecular formula is C15H20F3NO2. The van der Waals surface area contributed by atoms with Crippen molar-refractivity contribution in [3.05, 3.63) is 36.1 Å². The van der Waals surface area contributed by atoms with Crippen molar-refractivity contribution in [1.29, 1.82) is 0 Å². The second kappa shape index (κ2) is 8.02. The van der Waals surface area contributed by atoms with Crippen LogP contribution in [-0.4, -0.2) is 43.1 Å². The molecule has 21 heavy (non-hydrogen) atoms. The summed E-state index contributed by atoms with van der Waals surface area (Å²) >= 11 is 0. The number of rotatable bonds is 6.